The Balaban J connectivity index is 1.70. The Hall–Kier alpha value is -1.60. The summed E-state index contributed by atoms with van der Waals surface area (Å²) in [6.07, 6.45) is 5.34. The van der Waals surface area contributed by atoms with Crippen LogP contribution in [0.1, 0.15) is 42.9 Å². The van der Waals surface area contributed by atoms with Gasteiger partial charge in [0.15, 0.2) is 0 Å². The molecule has 0 aliphatic heterocycles. The summed E-state index contributed by atoms with van der Waals surface area (Å²) in [4.78, 5) is 0. The van der Waals surface area contributed by atoms with Gasteiger partial charge in [0.2, 0.25) is 0 Å². The minimum atomic E-state index is 0.185. The van der Waals surface area contributed by atoms with Crippen LogP contribution < -0.4 is 5.32 Å². The molecule has 2 aromatic rings. The summed E-state index contributed by atoms with van der Waals surface area (Å²) in [5, 5.41) is 4.02. The van der Waals surface area contributed by atoms with E-state index in [1.165, 1.54) is 31.2 Å². The fourth-order valence-electron chi connectivity index (χ4n) is 4.90. The van der Waals surface area contributed by atoms with Gasteiger partial charge in [-0.2, -0.15) is 0 Å². The molecule has 1 N–H and O–H groups in total. The molecule has 0 saturated heterocycles. The first-order chi connectivity index (χ1) is 10.8. The summed E-state index contributed by atoms with van der Waals surface area (Å²) in [5.74, 6) is 1.47. The van der Waals surface area contributed by atoms with E-state index in [4.69, 9.17) is 0 Å². The Bertz CT molecular complexity index is 648. The van der Waals surface area contributed by atoms with E-state index >= 15 is 0 Å². The van der Waals surface area contributed by atoms with Crippen LogP contribution in [0.4, 0.5) is 0 Å². The first-order valence-electron chi connectivity index (χ1n) is 8.68. The van der Waals surface area contributed by atoms with Crippen molar-refractivity contribution in [2.45, 2.75) is 44.7 Å². The van der Waals surface area contributed by atoms with Gasteiger partial charge in [0.05, 0.1) is 0 Å². The second-order valence-corrected chi connectivity index (χ2v) is 7.10. The van der Waals surface area contributed by atoms with E-state index in [-0.39, 0.29) is 5.54 Å². The van der Waals surface area contributed by atoms with Gasteiger partial charge in [0, 0.05) is 12.1 Å². The molecule has 0 unspecified atom stereocenters. The van der Waals surface area contributed by atoms with Crippen molar-refractivity contribution in [1.82, 2.24) is 5.32 Å². The van der Waals surface area contributed by atoms with Crippen LogP contribution in [0.15, 0.2) is 54.6 Å². The summed E-state index contributed by atoms with van der Waals surface area (Å²) in [5.41, 5.74) is 4.72. The lowest BCUT2D eigenvalue weighted by molar-refractivity contribution is 0.0922. The zero-order chi connectivity index (χ0) is 15.0. The molecule has 22 heavy (non-hydrogen) atoms. The smallest absolute Gasteiger partial charge is 0.0497 e. The van der Waals surface area contributed by atoms with E-state index in [9.17, 15) is 0 Å². The first kappa shape index (κ1) is 14.0. The maximum atomic E-state index is 4.02. The van der Waals surface area contributed by atoms with Crippen LogP contribution in [0.5, 0.6) is 0 Å². The van der Waals surface area contributed by atoms with Gasteiger partial charge in [-0.05, 0) is 47.8 Å². The lowest BCUT2D eigenvalue weighted by Crippen LogP contribution is -2.52. The Morgan fingerprint density at radius 3 is 2.64 bits per heavy atom. The fourth-order valence-corrected chi connectivity index (χ4v) is 4.90. The van der Waals surface area contributed by atoms with Gasteiger partial charge in [-0.15, -0.1) is 0 Å². The van der Waals surface area contributed by atoms with E-state index in [0.717, 1.165) is 12.5 Å². The average Bonchev–Trinajstić information content (AvgIpc) is 2.90. The molecular weight excluding hydrogens is 266 g/mol. The summed E-state index contributed by atoms with van der Waals surface area (Å²) in [6, 6.07) is 20.0. The standard InChI is InChI=1S/C21H25N/c1-16-8-7-12-19-14-18-11-5-6-13-20(18)21(16,19)22-15-17-9-3-2-4-10-17/h2-6,9-11,13,16,19,22H,7-8,12,14-15H2,1H3/t16-,19+,21-/m1/s1. The normalized spacial score (nSPS) is 29.9. The van der Waals surface area contributed by atoms with Gasteiger partial charge in [-0.1, -0.05) is 67.9 Å². The SMILES string of the molecule is C[C@@H]1CCC[C@H]2Cc3ccccc3[C@]21NCc1ccccc1. The van der Waals surface area contributed by atoms with Crippen molar-refractivity contribution < 1.29 is 0 Å². The quantitative estimate of drug-likeness (QED) is 0.867. The number of hydrogen-bond donors (Lipinski definition) is 1. The van der Waals surface area contributed by atoms with Crippen molar-refractivity contribution in [3.63, 3.8) is 0 Å². The molecule has 0 radical (unpaired) electrons. The summed E-state index contributed by atoms with van der Waals surface area (Å²) in [6.45, 7) is 3.42. The third-order valence-corrected chi connectivity index (χ3v) is 5.97. The predicted molar refractivity (Wildman–Crippen MR) is 91.6 cm³/mol. The Morgan fingerprint density at radius 2 is 1.77 bits per heavy atom. The molecule has 4 rings (SSSR count). The van der Waals surface area contributed by atoms with Crippen molar-refractivity contribution in [2.75, 3.05) is 0 Å². The molecule has 0 bridgehead atoms. The molecule has 114 valence electrons. The number of benzene rings is 2. The van der Waals surface area contributed by atoms with Crippen LogP contribution in [0, 0.1) is 11.8 Å². The van der Waals surface area contributed by atoms with E-state index in [0.29, 0.717) is 5.92 Å². The molecule has 2 aromatic carbocycles. The number of nitrogens with one attached hydrogen (secondary N) is 1. The van der Waals surface area contributed by atoms with Gasteiger partial charge in [0.25, 0.3) is 0 Å². The van der Waals surface area contributed by atoms with Crippen LogP contribution in [0.3, 0.4) is 0 Å². The zero-order valence-electron chi connectivity index (χ0n) is 13.4. The summed E-state index contributed by atoms with van der Waals surface area (Å²) < 4.78 is 0. The van der Waals surface area contributed by atoms with Gasteiger partial charge in [0.1, 0.15) is 0 Å². The largest absolute Gasteiger partial charge is 0.303 e. The first-order valence-corrected chi connectivity index (χ1v) is 8.68. The number of fused-ring (bicyclic) bond motifs is 3. The number of rotatable bonds is 3. The predicted octanol–water partition coefficient (Wildman–Crippen LogP) is 4.66. The molecule has 0 aromatic heterocycles. The molecule has 1 fully saturated rings. The molecule has 0 heterocycles. The number of hydrogen-bond acceptors (Lipinski definition) is 1. The van der Waals surface area contributed by atoms with Crippen LogP contribution in [-0.4, -0.2) is 0 Å². The maximum absolute atomic E-state index is 4.02. The molecule has 2 aliphatic carbocycles. The van der Waals surface area contributed by atoms with Crippen molar-refractivity contribution in [3.05, 3.63) is 71.3 Å². The van der Waals surface area contributed by atoms with Crippen LogP contribution >= 0.6 is 0 Å². The molecule has 1 saturated carbocycles. The van der Waals surface area contributed by atoms with Gasteiger partial charge >= 0.3 is 0 Å². The van der Waals surface area contributed by atoms with Crippen molar-refractivity contribution in [1.29, 1.82) is 0 Å². The highest BCUT2D eigenvalue weighted by atomic mass is 15.0. The highest BCUT2D eigenvalue weighted by Gasteiger charge is 2.51. The van der Waals surface area contributed by atoms with Crippen molar-refractivity contribution in [2.24, 2.45) is 11.8 Å². The molecule has 1 nitrogen and oxygen atoms in total. The minimum absolute atomic E-state index is 0.185. The minimum Gasteiger partial charge on any atom is -0.303 e. The van der Waals surface area contributed by atoms with Crippen LogP contribution in [-0.2, 0) is 18.5 Å². The highest BCUT2D eigenvalue weighted by molar-refractivity contribution is 5.41. The molecule has 1 heteroatoms. The second kappa shape index (κ2) is 5.55. The maximum Gasteiger partial charge on any atom is 0.0497 e. The summed E-state index contributed by atoms with van der Waals surface area (Å²) >= 11 is 0. The fraction of sp³-hybridized carbons (Fsp3) is 0.429. The topological polar surface area (TPSA) is 12.0 Å². The van der Waals surface area contributed by atoms with Crippen LogP contribution in [0.2, 0.25) is 0 Å². The van der Waals surface area contributed by atoms with Crippen molar-refractivity contribution in [3.8, 4) is 0 Å². The lowest BCUT2D eigenvalue weighted by atomic mass is 9.66. The van der Waals surface area contributed by atoms with Crippen LogP contribution in [0.25, 0.3) is 0 Å². The third-order valence-electron chi connectivity index (χ3n) is 5.97. The Kier molecular flexibility index (Phi) is 3.54. The summed E-state index contributed by atoms with van der Waals surface area (Å²) in [7, 11) is 0. The lowest BCUT2D eigenvalue weighted by Gasteiger charge is -2.46. The molecular formula is C21H25N. The van der Waals surface area contributed by atoms with E-state index < -0.39 is 0 Å². The highest BCUT2D eigenvalue weighted by Crippen LogP contribution is 2.52. The zero-order valence-corrected chi connectivity index (χ0v) is 13.4. The monoisotopic (exact) mass is 291 g/mol. The Morgan fingerprint density at radius 1 is 1.00 bits per heavy atom. The van der Waals surface area contributed by atoms with Crippen molar-refractivity contribution >= 4 is 0 Å². The molecule has 0 amide bonds. The second-order valence-electron chi connectivity index (χ2n) is 7.10. The molecule has 3 atom stereocenters. The van der Waals surface area contributed by atoms with Gasteiger partial charge < -0.3 is 5.32 Å². The van der Waals surface area contributed by atoms with E-state index in [1.54, 1.807) is 11.1 Å². The van der Waals surface area contributed by atoms with Gasteiger partial charge in [-0.3, -0.25) is 0 Å². The van der Waals surface area contributed by atoms with E-state index in [2.05, 4.69) is 66.8 Å². The van der Waals surface area contributed by atoms with E-state index in [1.807, 2.05) is 0 Å². The van der Waals surface area contributed by atoms with Gasteiger partial charge in [-0.25, -0.2) is 0 Å². The molecule has 0 spiro atoms. The third kappa shape index (κ3) is 2.11. The average molecular weight is 291 g/mol. The molecule has 2 aliphatic rings. The Labute approximate surface area is 133 Å².